The molecule has 4 amide bonds. The summed E-state index contributed by atoms with van der Waals surface area (Å²) in [5.74, 6) is -4.51. The first-order valence-corrected chi connectivity index (χ1v) is 21.6. The second-order valence-electron chi connectivity index (χ2n) is 16.5. The molecule has 1 saturated carbocycles. The van der Waals surface area contributed by atoms with Crippen molar-refractivity contribution in [1.29, 1.82) is 0 Å². The van der Waals surface area contributed by atoms with Crippen molar-refractivity contribution < 1.29 is 33.8 Å². The minimum Gasteiger partial charge on any atom is -0.497 e. The molecule has 0 spiro atoms. The molecular weight excluding hydrogens is 855 g/mol. The van der Waals surface area contributed by atoms with Gasteiger partial charge < -0.3 is 19.5 Å². The summed E-state index contributed by atoms with van der Waals surface area (Å²) in [6.45, 7) is -0.0880. The van der Waals surface area contributed by atoms with E-state index in [-0.39, 0.29) is 42.9 Å². The van der Waals surface area contributed by atoms with Crippen LogP contribution in [0.5, 0.6) is 11.5 Å². The fourth-order valence-electron chi connectivity index (χ4n) is 9.99. The van der Waals surface area contributed by atoms with Crippen LogP contribution in [0.25, 0.3) is 0 Å². The number of aliphatic hydroxyl groups is 1. The maximum Gasteiger partial charge on any atom is 0.260 e. The van der Waals surface area contributed by atoms with E-state index in [4.69, 9.17) is 32.7 Å². The lowest BCUT2D eigenvalue weighted by Crippen LogP contribution is -2.53. The molecule has 0 aromatic heterocycles. The molecule has 5 aromatic carbocycles. The van der Waals surface area contributed by atoms with Gasteiger partial charge in [-0.25, -0.2) is 0 Å². The highest BCUT2D eigenvalue weighted by molar-refractivity contribution is 6.36. The molecule has 2 aliphatic heterocycles. The normalized spacial score (nSPS) is 23.8. The molecule has 4 aliphatic rings. The fourth-order valence-corrected chi connectivity index (χ4v) is 10.4. The van der Waals surface area contributed by atoms with Crippen LogP contribution in [0.1, 0.15) is 29.9 Å². The van der Waals surface area contributed by atoms with Crippen LogP contribution in [0.15, 0.2) is 137 Å². The van der Waals surface area contributed by atoms with Crippen LogP contribution in [0.4, 0.5) is 28.4 Å². The third-order valence-electron chi connectivity index (χ3n) is 12.9. The predicted octanol–water partition coefficient (Wildman–Crippen LogP) is 9.04. The van der Waals surface area contributed by atoms with E-state index in [0.717, 1.165) is 16.3 Å². The number of anilines is 3. The number of nitrogens with one attached hydrogen (secondary N) is 1. The van der Waals surface area contributed by atoms with E-state index >= 15 is 9.59 Å². The van der Waals surface area contributed by atoms with Gasteiger partial charge in [0.2, 0.25) is 11.8 Å². The number of nitrogens with zero attached hydrogens (tertiary/aromatic N) is 5. The summed E-state index contributed by atoms with van der Waals surface area (Å²) in [4.78, 5) is 63.2. The number of azo groups is 1. The van der Waals surface area contributed by atoms with Crippen molar-refractivity contribution in [2.75, 3.05) is 49.6 Å². The number of aliphatic hydroxyl groups excluding tert-OH is 1. The van der Waals surface area contributed by atoms with Crippen molar-refractivity contribution >= 4 is 75.3 Å². The smallest absolute Gasteiger partial charge is 0.260 e. The molecule has 6 unspecified atom stereocenters. The predicted molar refractivity (Wildman–Crippen MR) is 244 cm³/mol. The first kappa shape index (κ1) is 42.7. The summed E-state index contributed by atoms with van der Waals surface area (Å²) in [6.07, 6.45) is 2.35. The number of ether oxygens (including phenoxy) is 2. The molecule has 0 bridgehead atoms. The zero-order valence-corrected chi connectivity index (χ0v) is 36.7. The Morgan fingerprint density at radius 3 is 2.08 bits per heavy atom. The maximum atomic E-state index is 15.6. The Morgan fingerprint density at radius 1 is 0.797 bits per heavy atom. The Balaban J connectivity index is 1.11. The number of carbonyl (C=O) groups is 4. The number of rotatable bonds is 12. The second-order valence-corrected chi connectivity index (χ2v) is 17.3. The summed E-state index contributed by atoms with van der Waals surface area (Å²) in [7, 11) is 5.47. The standard InChI is InChI=1S/C49H44Cl2N6O7/c1-55(2)33-13-9-31(10-14-33)52-53-32-11-15-34(16-12-32)56-45(59)38-22-21-37-39(43(38)47(56)61)27-40-46(60)57(54-42-23-8-30(50)26-41(42)51)48(62)49(40,29-6-19-35(63-3)20-7-29)44(37)28-4-17-36(18-5-28)64-25-24-58/h4-21,23,26,38-40,43-44,54,58H,22,24-25,27H2,1-3H3. The number of fused-ring (bicyclic) bond motifs is 4. The highest BCUT2D eigenvalue weighted by atomic mass is 35.5. The molecule has 2 saturated heterocycles. The van der Waals surface area contributed by atoms with Crippen molar-refractivity contribution in [2.24, 2.45) is 33.9 Å². The van der Waals surface area contributed by atoms with Crippen LogP contribution in [0, 0.1) is 23.7 Å². The monoisotopic (exact) mass is 898 g/mol. The molecule has 64 heavy (non-hydrogen) atoms. The first-order valence-electron chi connectivity index (χ1n) is 20.9. The number of halogens is 2. The Hall–Kier alpha value is -6.54. The molecule has 2 aliphatic carbocycles. The van der Waals surface area contributed by atoms with E-state index in [1.165, 1.54) is 11.0 Å². The van der Waals surface area contributed by atoms with Crippen LogP contribution in [0.3, 0.4) is 0 Å². The maximum absolute atomic E-state index is 15.6. The molecular formula is C49H44Cl2N6O7. The molecule has 15 heteroatoms. The van der Waals surface area contributed by atoms with Crippen molar-refractivity contribution in [3.05, 3.63) is 148 Å². The van der Waals surface area contributed by atoms with E-state index < -0.39 is 46.8 Å². The largest absolute Gasteiger partial charge is 0.497 e. The second kappa shape index (κ2) is 17.2. The van der Waals surface area contributed by atoms with Gasteiger partial charge in [-0.05, 0) is 121 Å². The number of amides is 4. The van der Waals surface area contributed by atoms with E-state index in [1.807, 2.05) is 73.6 Å². The van der Waals surface area contributed by atoms with Crippen LogP contribution >= 0.6 is 23.2 Å². The van der Waals surface area contributed by atoms with Gasteiger partial charge in [0, 0.05) is 30.7 Å². The number of hydrogen-bond donors (Lipinski definition) is 2. The van der Waals surface area contributed by atoms with Crippen molar-refractivity contribution in [1.82, 2.24) is 5.01 Å². The fraction of sp³-hybridized carbons (Fsp3) is 0.265. The number of benzene rings is 5. The van der Waals surface area contributed by atoms with Gasteiger partial charge in [0.15, 0.2) is 0 Å². The molecule has 5 aromatic rings. The topological polar surface area (TPSA) is 153 Å². The average Bonchev–Trinajstić information content (AvgIpc) is 3.69. The van der Waals surface area contributed by atoms with Gasteiger partial charge in [0.25, 0.3) is 11.8 Å². The van der Waals surface area contributed by atoms with Gasteiger partial charge in [-0.2, -0.15) is 15.2 Å². The van der Waals surface area contributed by atoms with Crippen LogP contribution in [-0.4, -0.2) is 68.2 Å². The lowest BCUT2D eigenvalue weighted by Gasteiger charge is -2.50. The molecule has 2 heterocycles. The van der Waals surface area contributed by atoms with Gasteiger partial charge in [-0.15, -0.1) is 0 Å². The third kappa shape index (κ3) is 7.27. The molecule has 9 rings (SSSR count). The van der Waals surface area contributed by atoms with E-state index in [9.17, 15) is 14.7 Å². The van der Waals surface area contributed by atoms with E-state index in [2.05, 4.69) is 15.7 Å². The van der Waals surface area contributed by atoms with Gasteiger partial charge in [-0.3, -0.25) is 29.5 Å². The Labute approximate surface area is 379 Å². The highest BCUT2D eigenvalue weighted by Crippen LogP contribution is 2.64. The molecule has 13 nitrogen and oxygen atoms in total. The number of methoxy groups -OCH3 is 1. The number of hydrazine groups is 1. The van der Waals surface area contributed by atoms with Crippen LogP contribution in [0.2, 0.25) is 10.0 Å². The SMILES string of the molecule is COc1ccc(C23C(=O)N(Nc4ccc(Cl)cc4Cl)C(=O)C2CC2C(=CCC4C(=O)N(c5ccc(N=Nc6ccc(N(C)C)cc6)cc5)C(=O)C42)C3c2ccc(OCCO)cc2)cc1. The zero-order chi connectivity index (χ0) is 44.9. The highest BCUT2D eigenvalue weighted by Gasteiger charge is 2.70. The summed E-state index contributed by atoms with van der Waals surface area (Å²) in [5.41, 5.74) is 6.53. The molecule has 2 N–H and O–H groups in total. The van der Waals surface area contributed by atoms with Gasteiger partial charge in [0.1, 0.15) is 18.1 Å². The minimum atomic E-state index is -1.53. The molecule has 3 fully saturated rings. The minimum absolute atomic E-state index is 0.0863. The van der Waals surface area contributed by atoms with Gasteiger partial charge in [-0.1, -0.05) is 59.1 Å². The van der Waals surface area contributed by atoms with Crippen LogP contribution in [-0.2, 0) is 24.6 Å². The summed E-state index contributed by atoms with van der Waals surface area (Å²) in [6, 6.07) is 33.5. The quantitative estimate of drug-likeness (QED) is 0.0710. The first-order chi connectivity index (χ1) is 30.9. The number of hydrogen-bond acceptors (Lipinski definition) is 11. The van der Waals surface area contributed by atoms with Crippen molar-refractivity contribution in [2.45, 2.75) is 24.2 Å². The average molecular weight is 900 g/mol. The number of imide groups is 2. The molecule has 6 atom stereocenters. The van der Waals surface area contributed by atoms with Crippen molar-refractivity contribution in [3.8, 4) is 11.5 Å². The number of allylic oxidation sites excluding steroid dienone is 2. The lowest BCUT2D eigenvalue weighted by molar-refractivity contribution is -0.138. The third-order valence-corrected chi connectivity index (χ3v) is 13.5. The Bertz CT molecular complexity index is 2690. The van der Waals surface area contributed by atoms with Crippen molar-refractivity contribution in [3.63, 3.8) is 0 Å². The Kier molecular flexibility index (Phi) is 11.5. The van der Waals surface area contributed by atoms with Gasteiger partial charge in [0.05, 0.1) is 64.7 Å². The molecule has 0 radical (unpaired) electrons. The van der Waals surface area contributed by atoms with Gasteiger partial charge >= 0.3 is 0 Å². The Morgan fingerprint density at radius 2 is 1.45 bits per heavy atom. The van der Waals surface area contributed by atoms with E-state index in [1.54, 1.807) is 67.8 Å². The molecule has 326 valence electrons. The summed E-state index contributed by atoms with van der Waals surface area (Å²) in [5, 5.41) is 19.8. The lowest BCUT2D eigenvalue weighted by atomic mass is 9.49. The zero-order valence-electron chi connectivity index (χ0n) is 35.2. The summed E-state index contributed by atoms with van der Waals surface area (Å²) >= 11 is 12.8. The van der Waals surface area contributed by atoms with Crippen LogP contribution < -0.4 is 24.7 Å². The van der Waals surface area contributed by atoms with E-state index in [0.29, 0.717) is 50.4 Å². The summed E-state index contributed by atoms with van der Waals surface area (Å²) < 4.78 is 11.2. The number of carbonyl (C=O) groups excluding carboxylic acids is 4.